The Bertz CT molecular complexity index is 888. The van der Waals surface area contributed by atoms with E-state index in [0.717, 1.165) is 31.4 Å². The average Bonchev–Trinajstić information content (AvgIpc) is 2.62. The minimum Gasteiger partial charge on any atom is -0.336 e. The van der Waals surface area contributed by atoms with Crippen LogP contribution in [-0.4, -0.2) is 31.8 Å². The van der Waals surface area contributed by atoms with Crippen LogP contribution >= 0.6 is 0 Å². The van der Waals surface area contributed by atoms with Gasteiger partial charge in [-0.15, -0.1) is 0 Å². The number of nitrogens with zero attached hydrogens (tertiary/aromatic N) is 1. The van der Waals surface area contributed by atoms with Gasteiger partial charge in [0.15, 0.2) is 9.84 Å². The van der Waals surface area contributed by atoms with E-state index in [1.165, 1.54) is 0 Å². The highest BCUT2D eigenvalue weighted by Crippen LogP contribution is 2.21. The topological polar surface area (TPSA) is 54.5 Å². The second-order valence-electron chi connectivity index (χ2n) is 7.12. The van der Waals surface area contributed by atoms with Crippen LogP contribution in [0.1, 0.15) is 47.7 Å². The van der Waals surface area contributed by atoms with Crippen LogP contribution in [0.4, 0.5) is 0 Å². The summed E-state index contributed by atoms with van der Waals surface area (Å²) < 4.78 is 25.3. The Morgan fingerprint density at radius 2 is 1.85 bits per heavy atom. The van der Waals surface area contributed by atoms with Gasteiger partial charge in [0.1, 0.15) is 0 Å². The van der Waals surface area contributed by atoms with Crippen LogP contribution < -0.4 is 0 Å². The van der Waals surface area contributed by atoms with Crippen LogP contribution in [0.5, 0.6) is 0 Å². The minimum absolute atomic E-state index is 0.00761. The van der Waals surface area contributed by atoms with Crippen molar-refractivity contribution in [2.45, 2.75) is 49.8 Å². The Kier molecular flexibility index (Phi) is 5.47. The number of sulfone groups is 1. The largest absolute Gasteiger partial charge is 0.336 e. The fraction of sp³-hybridized carbons (Fsp3) is 0.381. The van der Waals surface area contributed by atoms with E-state index < -0.39 is 9.84 Å². The molecule has 0 aromatic heterocycles. The van der Waals surface area contributed by atoms with E-state index in [0.29, 0.717) is 16.0 Å². The van der Waals surface area contributed by atoms with Gasteiger partial charge < -0.3 is 4.90 Å². The lowest BCUT2D eigenvalue weighted by atomic mass is 10.0. The number of hydrogen-bond acceptors (Lipinski definition) is 3. The van der Waals surface area contributed by atoms with E-state index in [-0.39, 0.29) is 17.7 Å². The van der Waals surface area contributed by atoms with Crippen LogP contribution in [0.15, 0.2) is 53.4 Å². The van der Waals surface area contributed by atoms with Crippen LogP contribution in [0.3, 0.4) is 0 Å². The molecule has 0 aliphatic carbocycles. The van der Waals surface area contributed by atoms with Crippen LogP contribution in [-0.2, 0) is 15.6 Å². The monoisotopic (exact) mass is 371 g/mol. The molecule has 4 nitrogen and oxygen atoms in total. The van der Waals surface area contributed by atoms with Gasteiger partial charge in [-0.25, -0.2) is 8.42 Å². The summed E-state index contributed by atoms with van der Waals surface area (Å²) in [6.07, 6.45) is 3.20. The smallest absolute Gasteiger partial charge is 0.254 e. The molecule has 1 aliphatic heterocycles. The standard InChI is InChI=1S/C21H25NO3S/c1-16-9-11-20(12-10-16)26(24,25)15-18-7-5-8-19(14-18)21(23)22-13-4-3-6-17(22)2/h5,7-12,14,17H,3-4,6,13,15H2,1-2H3/t17-/m1/s1. The van der Waals surface area contributed by atoms with E-state index in [9.17, 15) is 13.2 Å². The third kappa shape index (κ3) is 4.15. The zero-order valence-corrected chi connectivity index (χ0v) is 16.1. The highest BCUT2D eigenvalue weighted by molar-refractivity contribution is 7.90. The molecule has 138 valence electrons. The normalized spacial score (nSPS) is 17.9. The zero-order valence-electron chi connectivity index (χ0n) is 15.3. The van der Waals surface area contributed by atoms with Crippen molar-refractivity contribution in [1.82, 2.24) is 4.90 Å². The first-order chi connectivity index (χ1) is 12.4. The highest BCUT2D eigenvalue weighted by Gasteiger charge is 2.24. The molecule has 1 aliphatic rings. The Morgan fingerprint density at radius 1 is 1.12 bits per heavy atom. The predicted molar refractivity (Wildman–Crippen MR) is 103 cm³/mol. The van der Waals surface area contributed by atoms with Crippen molar-refractivity contribution >= 4 is 15.7 Å². The molecule has 2 aromatic rings. The van der Waals surface area contributed by atoms with Gasteiger partial charge in [0, 0.05) is 18.2 Å². The molecular weight excluding hydrogens is 346 g/mol. The molecule has 0 N–H and O–H groups in total. The first-order valence-corrected chi connectivity index (χ1v) is 10.7. The maximum absolute atomic E-state index is 12.8. The van der Waals surface area contributed by atoms with Gasteiger partial charge >= 0.3 is 0 Å². The molecule has 2 aromatic carbocycles. The van der Waals surface area contributed by atoms with Gasteiger partial charge in [-0.3, -0.25) is 4.79 Å². The van der Waals surface area contributed by atoms with Gasteiger partial charge in [-0.05, 0) is 62.9 Å². The summed E-state index contributed by atoms with van der Waals surface area (Å²) in [5, 5.41) is 0. The average molecular weight is 372 g/mol. The van der Waals surface area contributed by atoms with E-state index in [1.54, 1.807) is 48.5 Å². The van der Waals surface area contributed by atoms with Gasteiger partial charge in [0.05, 0.1) is 10.6 Å². The summed E-state index contributed by atoms with van der Waals surface area (Å²) in [6.45, 7) is 4.77. The lowest BCUT2D eigenvalue weighted by Crippen LogP contribution is -2.42. The predicted octanol–water partition coefficient (Wildman–Crippen LogP) is 3.98. The van der Waals surface area contributed by atoms with Crippen molar-refractivity contribution in [3.8, 4) is 0 Å². The number of amides is 1. The van der Waals surface area contributed by atoms with E-state index in [4.69, 9.17) is 0 Å². The first kappa shape index (κ1) is 18.6. The second-order valence-corrected chi connectivity index (χ2v) is 9.11. The molecule has 5 heteroatoms. The number of benzene rings is 2. The van der Waals surface area contributed by atoms with Crippen molar-refractivity contribution in [3.05, 3.63) is 65.2 Å². The SMILES string of the molecule is Cc1ccc(S(=O)(=O)Cc2cccc(C(=O)N3CCCC[C@H]3C)c2)cc1. The molecule has 0 bridgehead atoms. The summed E-state index contributed by atoms with van der Waals surface area (Å²) in [5.41, 5.74) is 2.23. The van der Waals surface area contributed by atoms with Gasteiger partial charge in [0.2, 0.25) is 0 Å². The van der Waals surface area contributed by atoms with E-state index >= 15 is 0 Å². The zero-order chi connectivity index (χ0) is 18.7. The Hall–Kier alpha value is -2.14. The number of rotatable bonds is 4. The van der Waals surface area contributed by atoms with Crippen LogP contribution in [0.2, 0.25) is 0 Å². The molecule has 1 fully saturated rings. The molecule has 0 radical (unpaired) electrons. The number of likely N-dealkylation sites (tertiary alicyclic amines) is 1. The lowest BCUT2D eigenvalue weighted by Gasteiger charge is -2.33. The van der Waals surface area contributed by atoms with Gasteiger partial charge in [-0.1, -0.05) is 29.8 Å². The van der Waals surface area contributed by atoms with Gasteiger partial charge in [-0.2, -0.15) is 0 Å². The third-order valence-electron chi connectivity index (χ3n) is 4.97. The molecule has 0 saturated carbocycles. The highest BCUT2D eigenvalue weighted by atomic mass is 32.2. The molecule has 0 unspecified atom stereocenters. The number of carbonyl (C=O) groups is 1. The second kappa shape index (κ2) is 7.62. The maximum atomic E-state index is 12.8. The van der Waals surface area contributed by atoms with E-state index in [1.807, 2.05) is 11.8 Å². The van der Waals surface area contributed by atoms with Gasteiger partial charge in [0.25, 0.3) is 5.91 Å². The minimum atomic E-state index is -3.43. The van der Waals surface area contributed by atoms with Crippen LogP contribution in [0.25, 0.3) is 0 Å². The van der Waals surface area contributed by atoms with Crippen molar-refractivity contribution in [3.63, 3.8) is 0 Å². The molecular formula is C21H25NO3S. The maximum Gasteiger partial charge on any atom is 0.254 e. The Balaban J connectivity index is 1.81. The fourth-order valence-corrected chi connectivity index (χ4v) is 4.74. The van der Waals surface area contributed by atoms with E-state index in [2.05, 4.69) is 6.92 Å². The third-order valence-corrected chi connectivity index (χ3v) is 6.68. The summed E-state index contributed by atoms with van der Waals surface area (Å²) in [4.78, 5) is 15.0. The number of hydrogen-bond donors (Lipinski definition) is 0. The lowest BCUT2D eigenvalue weighted by molar-refractivity contribution is 0.0635. The number of aryl methyl sites for hydroxylation is 1. The van der Waals surface area contributed by atoms with Crippen molar-refractivity contribution in [2.24, 2.45) is 0 Å². The molecule has 1 heterocycles. The summed E-state index contributed by atoms with van der Waals surface area (Å²) >= 11 is 0. The quantitative estimate of drug-likeness (QED) is 0.817. The molecule has 1 saturated heterocycles. The number of carbonyl (C=O) groups excluding carboxylic acids is 1. The summed E-state index contributed by atoms with van der Waals surface area (Å²) in [6, 6.07) is 14.1. The van der Waals surface area contributed by atoms with Crippen molar-refractivity contribution in [2.75, 3.05) is 6.54 Å². The molecule has 3 rings (SSSR count). The summed E-state index contributed by atoms with van der Waals surface area (Å²) in [7, 11) is -3.43. The van der Waals surface area contributed by atoms with Crippen molar-refractivity contribution < 1.29 is 13.2 Å². The molecule has 1 atom stereocenters. The first-order valence-electron chi connectivity index (χ1n) is 9.06. The number of piperidine rings is 1. The van der Waals surface area contributed by atoms with Crippen LogP contribution in [0, 0.1) is 6.92 Å². The fourth-order valence-electron chi connectivity index (χ4n) is 3.41. The molecule has 1 amide bonds. The Morgan fingerprint density at radius 3 is 2.54 bits per heavy atom. The summed E-state index contributed by atoms with van der Waals surface area (Å²) in [5.74, 6) is -0.112. The molecule has 26 heavy (non-hydrogen) atoms. The van der Waals surface area contributed by atoms with Crippen molar-refractivity contribution in [1.29, 1.82) is 0 Å². The Labute approximate surface area is 155 Å². The molecule has 0 spiro atoms.